The number of esters is 1. The monoisotopic (exact) mass is 422 g/mol. The number of hydrogen-bond donors (Lipinski definition) is 0. The lowest BCUT2D eigenvalue weighted by Gasteiger charge is -2.26. The zero-order chi connectivity index (χ0) is 22.5. The van der Waals surface area contributed by atoms with Crippen LogP contribution in [0.1, 0.15) is 27.1 Å². The molecule has 0 radical (unpaired) electrons. The third kappa shape index (κ3) is 4.32. The summed E-state index contributed by atoms with van der Waals surface area (Å²) in [5.74, 6) is -1.26. The molecule has 8 nitrogen and oxygen atoms in total. The normalized spacial score (nSPS) is 15.5. The predicted octanol–water partition coefficient (Wildman–Crippen LogP) is 2.44. The van der Waals surface area contributed by atoms with E-state index in [1.54, 1.807) is 24.3 Å². The van der Waals surface area contributed by atoms with Gasteiger partial charge < -0.3 is 14.4 Å². The summed E-state index contributed by atoms with van der Waals surface area (Å²) in [5, 5.41) is 0. The smallest absolute Gasteiger partial charge is 0.337 e. The quantitative estimate of drug-likeness (QED) is 0.387. The number of amides is 3. The minimum absolute atomic E-state index is 0.101. The summed E-state index contributed by atoms with van der Waals surface area (Å²) in [5.41, 5.74) is 0.981. The van der Waals surface area contributed by atoms with Crippen LogP contribution >= 0.6 is 0 Å². The Morgan fingerprint density at radius 2 is 1.68 bits per heavy atom. The van der Waals surface area contributed by atoms with E-state index in [0.29, 0.717) is 22.6 Å². The summed E-state index contributed by atoms with van der Waals surface area (Å²) in [6.07, 6.45) is 1.36. The Morgan fingerprint density at radius 3 is 2.23 bits per heavy atom. The molecule has 1 atom stereocenters. The Morgan fingerprint density at radius 1 is 1.06 bits per heavy atom. The molecule has 3 amide bonds. The van der Waals surface area contributed by atoms with Crippen molar-refractivity contribution in [3.05, 3.63) is 72.3 Å². The van der Waals surface area contributed by atoms with Crippen molar-refractivity contribution in [1.82, 2.24) is 4.90 Å². The highest BCUT2D eigenvalue weighted by Gasteiger charge is 2.44. The standard InChI is InChI=1S/C23H22N2O6/c1-4-13-24(21(27)15-7-11-18(30-2)12-8-15)19-14-20(26)25(22(19)28)17-9-5-16(6-10-17)23(29)31-3/h4-12,19H,1,13-14H2,2-3H3. The molecule has 1 aliphatic rings. The SMILES string of the molecule is C=CCN(C(=O)c1ccc(OC)cc1)C1CC(=O)N(c2ccc(C(=O)OC)cc2)C1=O. The zero-order valence-corrected chi connectivity index (χ0v) is 17.2. The van der Waals surface area contributed by atoms with Crippen LogP contribution in [-0.2, 0) is 14.3 Å². The molecule has 0 spiro atoms. The summed E-state index contributed by atoms with van der Waals surface area (Å²) in [7, 11) is 2.79. The van der Waals surface area contributed by atoms with Gasteiger partial charge in [-0.1, -0.05) is 6.08 Å². The first kappa shape index (κ1) is 21.8. The molecule has 2 aromatic rings. The van der Waals surface area contributed by atoms with Gasteiger partial charge in [0.05, 0.1) is 31.9 Å². The molecule has 2 aromatic carbocycles. The fourth-order valence-electron chi connectivity index (χ4n) is 3.39. The lowest BCUT2D eigenvalue weighted by Crippen LogP contribution is -2.45. The molecule has 1 fully saturated rings. The molecule has 160 valence electrons. The maximum atomic E-state index is 13.1. The van der Waals surface area contributed by atoms with Crippen molar-refractivity contribution in [3.63, 3.8) is 0 Å². The van der Waals surface area contributed by atoms with Crippen LogP contribution in [-0.4, -0.2) is 55.4 Å². The van der Waals surface area contributed by atoms with E-state index in [-0.39, 0.29) is 13.0 Å². The van der Waals surface area contributed by atoms with E-state index in [1.807, 2.05) is 0 Å². The van der Waals surface area contributed by atoms with E-state index in [2.05, 4.69) is 11.3 Å². The Bertz CT molecular complexity index is 1010. The van der Waals surface area contributed by atoms with Crippen molar-refractivity contribution in [2.45, 2.75) is 12.5 Å². The second-order valence-electron chi connectivity index (χ2n) is 6.80. The van der Waals surface area contributed by atoms with Crippen LogP contribution in [0.3, 0.4) is 0 Å². The molecular formula is C23H22N2O6. The van der Waals surface area contributed by atoms with Gasteiger partial charge in [-0.2, -0.15) is 0 Å². The molecule has 31 heavy (non-hydrogen) atoms. The highest BCUT2D eigenvalue weighted by atomic mass is 16.5. The maximum Gasteiger partial charge on any atom is 0.337 e. The zero-order valence-electron chi connectivity index (χ0n) is 17.2. The Balaban J connectivity index is 1.86. The second kappa shape index (κ2) is 9.25. The van der Waals surface area contributed by atoms with E-state index in [9.17, 15) is 19.2 Å². The molecule has 3 rings (SSSR count). The van der Waals surface area contributed by atoms with Crippen LogP contribution in [0, 0.1) is 0 Å². The van der Waals surface area contributed by atoms with Gasteiger partial charge >= 0.3 is 5.97 Å². The van der Waals surface area contributed by atoms with Crippen LogP contribution in [0.5, 0.6) is 5.75 Å². The number of carbonyl (C=O) groups excluding carboxylic acids is 4. The van der Waals surface area contributed by atoms with Gasteiger partial charge in [0.2, 0.25) is 5.91 Å². The van der Waals surface area contributed by atoms with Crippen molar-refractivity contribution in [3.8, 4) is 5.75 Å². The molecule has 1 aliphatic heterocycles. The number of nitrogens with zero attached hydrogens (tertiary/aromatic N) is 2. The van der Waals surface area contributed by atoms with Gasteiger partial charge in [0, 0.05) is 12.1 Å². The van der Waals surface area contributed by atoms with Gasteiger partial charge in [-0.25, -0.2) is 9.69 Å². The number of benzene rings is 2. The fraction of sp³-hybridized carbons (Fsp3) is 0.217. The number of rotatable bonds is 7. The van der Waals surface area contributed by atoms with Crippen LogP contribution in [0.15, 0.2) is 61.2 Å². The highest BCUT2D eigenvalue weighted by molar-refractivity contribution is 6.23. The van der Waals surface area contributed by atoms with Crippen molar-refractivity contribution < 1.29 is 28.7 Å². The van der Waals surface area contributed by atoms with E-state index < -0.39 is 29.7 Å². The van der Waals surface area contributed by atoms with E-state index in [4.69, 9.17) is 4.74 Å². The average molecular weight is 422 g/mol. The molecule has 1 heterocycles. The maximum absolute atomic E-state index is 13.1. The van der Waals surface area contributed by atoms with Crippen molar-refractivity contribution >= 4 is 29.4 Å². The largest absolute Gasteiger partial charge is 0.497 e. The summed E-state index contributed by atoms with van der Waals surface area (Å²) in [6.45, 7) is 3.76. The third-order valence-electron chi connectivity index (χ3n) is 4.97. The molecule has 0 N–H and O–H groups in total. The van der Waals surface area contributed by atoms with Crippen LogP contribution in [0.2, 0.25) is 0 Å². The number of hydrogen-bond acceptors (Lipinski definition) is 6. The fourth-order valence-corrected chi connectivity index (χ4v) is 3.39. The molecule has 1 saturated heterocycles. The van der Waals surface area contributed by atoms with Crippen LogP contribution in [0.25, 0.3) is 0 Å². The Hall–Kier alpha value is -3.94. The van der Waals surface area contributed by atoms with Gasteiger partial charge in [0.1, 0.15) is 11.8 Å². The summed E-state index contributed by atoms with van der Waals surface area (Å²) in [4.78, 5) is 52.8. The Kier molecular flexibility index (Phi) is 6.49. The number of imide groups is 1. The minimum atomic E-state index is -0.958. The van der Waals surface area contributed by atoms with Gasteiger partial charge in [-0.15, -0.1) is 6.58 Å². The summed E-state index contributed by atoms with van der Waals surface area (Å²) in [6, 6.07) is 11.5. The predicted molar refractivity (Wildman–Crippen MR) is 113 cm³/mol. The first-order valence-corrected chi connectivity index (χ1v) is 9.52. The molecule has 0 bridgehead atoms. The van der Waals surface area contributed by atoms with Crippen molar-refractivity contribution in [2.75, 3.05) is 25.7 Å². The highest BCUT2D eigenvalue weighted by Crippen LogP contribution is 2.27. The minimum Gasteiger partial charge on any atom is -0.497 e. The number of carbonyl (C=O) groups is 4. The molecular weight excluding hydrogens is 400 g/mol. The molecule has 0 aliphatic carbocycles. The lowest BCUT2D eigenvalue weighted by atomic mass is 10.1. The van der Waals surface area contributed by atoms with Gasteiger partial charge in [0.15, 0.2) is 0 Å². The van der Waals surface area contributed by atoms with E-state index in [1.165, 1.54) is 49.5 Å². The van der Waals surface area contributed by atoms with Crippen molar-refractivity contribution in [2.24, 2.45) is 0 Å². The van der Waals surface area contributed by atoms with Gasteiger partial charge in [-0.3, -0.25) is 14.4 Å². The van der Waals surface area contributed by atoms with E-state index >= 15 is 0 Å². The number of anilines is 1. The van der Waals surface area contributed by atoms with Crippen LogP contribution in [0.4, 0.5) is 5.69 Å². The second-order valence-corrected chi connectivity index (χ2v) is 6.80. The van der Waals surface area contributed by atoms with E-state index in [0.717, 1.165) is 4.90 Å². The first-order valence-electron chi connectivity index (χ1n) is 9.52. The van der Waals surface area contributed by atoms with Crippen molar-refractivity contribution in [1.29, 1.82) is 0 Å². The molecule has 0 saturated carbocycles. The molecule has 1 unspecified atom stereocenters. The van der Waals surface area contributed by atoms with Crippen LogP contribution < -0.4 is 9.64 Å². The topological polar surface area (TPSA) is 93.2 Å². The number of ether oxygens (including phenoxy) is 2. The lowest BCUT2D eigenvalue weighted by molar-refractivity contribution is -0.122. The number of methoxy groups -OCH3 is 2. The molecule has 8 heteroatoms. The Labute approximate surface area is 179 Å². The average Bonchev–Trinajstić information content (AvgIpc) is 3.10. The summed E-state index contributed by atoms with van der Waals surface area (Å²) >= 11 is 0. The molecule has 0 aromatic heterocycles. The third-order valence-corrected chi connectivity index (χ3v) is 4.97. The summed E-state index contributed by atoms with van der Waals surface area (Å²) < 4.78 is 9.76. The van der Waals surface area contributed by atoms with Gasteiger partial charge in [0.25, 0.3) is 11.8 Å². The van der Waals surface area contributed by atoms with Gasteiger partial charge in [-0.05, 0) is 48.5 Å². The first-order chi connectivity index (χ1) is 14.9.